The van der Waals surface area contributed by atoms with E-state index in [4.69, 9.17) is 4.42 Å². The quantitative estimate of drug-likeness (QED) is 0.581. The molecule has 0 aliphatic rings. The van der Waals surface area contributed by atoms with Crippen LogP contribution in [-0.2, 0) is 13.5 Å². The molecule has 0 N–H and O–H groups in total. The molecule has 1 rings (SSSR count). The highest BCUT2D eigenvalue weighted by Crippen LogP contribution is 2.03. The standard InChI is InChI=1S/C7H11NO2/c1-4-6-5(2)8(3)7(9)10-6/h4H2,1-3H3. The Morgan fingerprint density at radius 2 is 2.20 bits per heavy atom. The zero-order chi connectivity index (χ0) is 7.72. The lowest BCUT2D eigenvalue weighted by Crippen LogP contribution is -2.09. The van der Waals surface area contributed by atoms with Gasteiger partial charge in [-0.1, -0.05) is 6.92 Å². The van der Waals surface area contributed by atoms with Crippen LogP contribution in [0.4, 0.5) is 0 Å². The van der Waals surface area contributed by atoms with Crippen LogP contribution in [0.1, 0.15) is 18.4 Å². The summed E-state index contributed by atoms with van der Waals surface area (Å²) in [6.07, 6.45) is 0.780. The Hall–Kier alpha value is -0.990. The molecule has 1 aromatic heterocycles. The zero-order valence-electron chi connectivity index (χ0n) is 6.47. The van der Waals surface area contributed by atoms with Crippen LogP contribution in [0.2, 0.25) is 0 Å². The van der Waals surface area contributed by atoms with Gasteiger partial charge in [-0.2, -0.15) is 0 Å². The van der Waals surface area contributed by atoms with Crippen molar-refractivity contribution in [1.29, 1.82) is 0 Å². The summed E-state index contributed by atoms with van der Waals surface area (Å²) in [5, 5.41) is 0. The highest BCUT2D eigenvalue weighted by molar-refractivity contribution is 5.05. The van der Waals surface area contributed by atoms with E-state index in [0.29, 0.717) is 0 Å². The van der Waals surface area contributed by atoms with Gasteiger partial charge in [-0.15, -0.1) is 0 Å². The summed E-state index contributed by atoms with van der Waals surface area (Å²) in [6, 6.07) is 0. The van der Waals surface area contributed by atoms with Gasteiger partial charge in [0, 0.05) is 13.5 Å². The Balaban J connectivity index is 3.31. The SMILES string of the molecule is CCc1oc(=O)n(C)c1C. The van der Waals surface area contributed by atoms with E-state index >= 15 is 0 Å². The van der Waals surface area contributed by atoms with E-state index in [1.807, 2.05) is 13.8 Å². The summed E-state index contributed by atoms with van der Waals surface area (Å²) in [6.45, 7) is 3.84. The smallest absolute Gasteiger partial charge is 0.413 e. The molecule has 0 atom stereocenters. The first kappa shape index (κ1) is 7.12. The maximum absolute atomic E-state index is 10.8. The maximum atomic E-state index is 10.8. The van der Waals surface area contributed by atoms with Crippen LogP contribution in [0.25, 0.3) is 0 Å². The van der Waals surface area contributed by atoms with Crippen molar-refractivity contribution in [2.45, 2.75) is 20.3 Å². The monoisotopic (exact) mass is 141 g/mol. The fraction of sp³-hybridized carbons (Fsp3) is 0.571. The average Bonchev–Trinajstić information content (AvgIpc) is 2.17. The predicted molar refractivity (Wildman–Crippen MR) is 38.1 cm³/mol. The van der Waals surface area contributed by atoms with Crippen molar-refractivity contribution in [1.82, 2.24) is 4.57 Å². The van der Waals surface area contributed by atoms with Gasteiger partial charge < -0.3 is 4.42 Å². The largest absolute Gasteiger partial charge is 0.419 e. The van der Waals surface area contributed by atoms with E-state index in [2.05, 4.69) is 0 Å². The van der Waals surface area contributed by atoms with Crippen LogP contribution >= 0.6 is 0 Å². The molecular formula is C7H11NO2. The molecule has 0 saturated heterocycles. The van der Waals surface area contributed by atoms with Crippen LogP contribution in [-0.4, -0.2) is 4.57 Å². The third-order valence-corrected chi connectivity index (χ3v) is 1.71. The van der Waals surface area contributed by atoms with Crippen LogP contribution in [0.5, 0.6) is 0 Å². The van der Waals surface area contributed by atoms with Gasteiger partial charge in [0.25, 0.3) is 0 Å². The Bertz CT molecular complexity index is 282. The third kappa shape index (κ3) is 0.875. The minimum Gasteiger partial charge on any atom is -0.413 e. The molecule has 0 unspecified atom stereocenters. The van der Waals surface area contributed by atoms with Gasteiger partial charge in [-0.25, -0.2) is 4.79 Å². The number of aryl methyl sites for hydroxylation is 1. The summed E-state index contributed by atoms with van der Waals surface area (Å²) in [4.78, 5) is 10.8. The van der Waals surface area contributed by atoms with E-state index in [9.17, 15) is 4.79 Å². The minimum absolute atomic E-state index is 0.269. The van der Waals surface area contributed by atoms with Crippen molar-refractivity contribution in [2.24, 2.45) is 7.05 Å². The molecule has 0 aliphatic carbocycles. The van der Waals surface area contributed by atoms with E-state index in [-0.39, 0.29) is 5.76 Å². The van der Waals surface area contributed by atoms with E-state index in [1.165, 1.54) is 4.57 Å². The number of hydrogen-bond acceptors (Lipinski definition) is 2. The zero-order valence-corrected chi connectivity index (χ0v) is 6.47. The van der Waals surface area contributed by atoms with Gasteiger partial charge in [0.2, 0.25) is 0 Å². The van der Waals surface area contributed by atoms with Crippen molar-refractivity contribution < 1.29 is 4.42 Å². The Labute approximate surface area is 59.3 Å². The van der Waals surface area contributed by atoms with Crippen molar-refractivity contribution >= 4 is 0 Å². The van der Waals surface area contributed by atoms with Gasteiger partial charge >= 0.3 is 5.76 Å². The van der Waals surface area contributed by atoms with Gasteiger partial charge in [0.15, 0.2) is 0 Å². The second-order valence-corrected chi connectivity index (χ2v) is 2.29. The molecule has 3 heteroatoms. The summed E-state index contributed by atoms with van der Waals surface area (Å²) in [7, 11) is 1.71. The second-order valence-electron chi connectivity index (χ2n) is 2.29. The fourth-order valence-electron chi connectivity index (χ4n) is 0.900. The van der Waals surface area contributed by atoms with Crippen LogP contribution < -0.4 is 5.76 Å². The molecule has 56 valence electrons. The Morgan fingerprint density at radius 3 is 2.40 bits per heavy atom. The average molecular weight is 141 g/mol. The van der Waals surface area contributed by atoms with Crippen molar-refractivity contribution in [3.63, 3.8) is 0 Å². The molecule has 0 spiro atoms. The van der Waals surface area contributed by atoms with Gasteiger partial charge in [0.05, 0.1) is 5.69 Å². The van der Waals surface area contributed by atoms with Crippen LogP contribution in [0.15, 0.2) is 9.21 Å². The van der Waals surface area contributed by atoms with E-state index < -0.39 is 0 Å². The molecular weight excluding hydrogens is 130 g/mol. The lowest BCUT2D eigenvalue weighted by atomic mass is 10.3. The first-order chi connectivity index (χ1) is 4.66. The van der Waals surface area contributed by atoms with E-state index in [0.717, 1.165) is 17.9 Å². The number of nitrogens with zero attached hydrogens (tertiary/aromatic N) is 1. The summed E-state index contributed by atoms with van der Waals surface area (Å²) in [5.41, 5.74) is 0.924. The van der Waals surface area contributed by atoms with Crippen molar-refractivity contribution in [2.75, 3.05) is 0 Å². The van der Waals surface area contributed by atoms with E-state index in [1.54, 1.807) is 7.05 Å². The Kier molecular flexibility index (Phi) is 1.66. The number of aromatic nitrogens is 1. The molecule has 0 radical (unpaired) electrons. The van der Waals surface area contributed by atoms with Crippen molar-refractivity contribution in [3.8, 4) is 0 Å². The van der Waals surface area contributed by atoms with Crippen LogP contribution in [0, 0.1) is 6.92 Å². The predicted octanol–water partition coefficient (Wildman–Crippen LogP) is 0.849. The number of oxazole rings is 1. The van der Waals surface area contributed by atoms with Crippen LogP contribution in [0.3, 0.4) is 0 Å². The summed E-state index contributed by atoms with van der Waals surface area (Å²) in [5.74, 6) is 0.516. The normalized spacial score (nSPS) is 10.3. The second kappa shape index (κ2) is 2.33. The molecule has 3 nitrogen and oxygen atoms in total. The topological polar surface area (TPSA) is 35.1 Å². The first-order valence-corrected chi connectivity index (χ1v) is 3.32. The molecule has 1 aromatic rings. The number of rotatable bonds is 1. The third-order valence-electron chi connectivity index (χ3n) is 1.71. The summed E-state index contributed by atoms with van der Waals surface area (Å²) < 4.78 is 6.41. The minimum atomic E-state index is -0.269. The number of hydrogen-bond donors (Lipinski definition) is 0. The van der Waals surface area contributed by atoms with Gasteiger partial charge in [0.1, 0.15) is 5.76 Å². The maximum Gasteiger partial charge on any atom is 0.419 e. The molecule has 0 fully saturated rings. The van der Waals surface area contributed by atoms with Crippen molar-refractivity contribution in [3.05, 3.63) is 22.0 Å². The lowest BCUT2D eigenvalue weighted by molar-refractivity contribution is 0.459. The lowest BCUT2D eigenvalue weighted by Gasteiger charge is -1.90. The molecule has 0 saturated carbocycles. The Morgan fingerprint density at radius 1 is 1.60 bits per heavy atom. The summed E-state index contributed by atoms with van der Waals surface area (Å²) >= 11 is 0. The molecule has 10 heavy (non-hydrogen) atoms. The molecule has 1 heterocycles. The molecule has 0 amide bonds. The molecule has 0 aliphatic heterocycles. The molecule has 0 bridgehead atoms. The highest BCUT2D eigenvalue weighted by Gasteiger charge is 2.05. The van der Waals surface area contributed by atoms with Gasteiger partial charge in [-0.3, -0.25) is 4.57 Å². The fourth-order valence-corrected chi connectivity index (χ4v) is 0.900. The first-order valence-electron chi connectivity index (χ1n) is 3.32. The highest BCUT2D eigenvalue weighted by atomic mass is 16.4. The van der Waals surface area contributed by atoms with Gasteiger partial charge in [-0.05, 0) is 6.92 Å². The molecule has 0 aromatic carbocycles.